The average molecular weight is 294 g/mol. The maximum absolute atomic E-state index is 4.46. The molecule has 112 valence electrons. The maximum atomic E-state index is 4.46. The molecule has 5 heteroatoms. The van der Waals surface area contributed by atoms with Crippen LogP contribution >= 0.6 is 11.8 Å². The number of thioether (sulfide) groups is 1. The fourth-order valence-electron chi connectivity index (χ4n) is 3.53. The summed E-state index contributed by atoms with van der Waals surface area (Å²) in [5.41, 5.74) is 0. The molecule has 0 amide bonds. The van der Waals surface area contributed by atoms with Crippen LogP contribution in [0.3, 0.4) is 0 Å². The van der Waals surface area contributed by atoms with Crippen LogP contribution in [0.25, 0.3) is 0 Å². The highest BCUT2D eigenvalue weighted by molar-refractivity contribution is 7.99. The van der Waals surface area contributed by atoms with Crippen LogP contribution in [0.5, 0.6) is 0 Å². The van der Waals surface area contributed by atoms with Gasteiger partial charge in [-0.05, 0) is 38.1 Å². The van der Waals surface area contributed by atoms with Crippen LogP contribution in [-0.2, 0) is 13.0 Å². The SMILES string of the molecule is CCNC1CCC(Sc2nnc3n2CCCCC3)C1C. The Hall–Kier alpha value is -0.550. The second kappa shape index (κ2) is 6.48. The van der Waals surface area contributed by atoms with Gasteiger partial charge in [0.15, 0.2) is 5.16 Å². The molecule has 1 aromatic rings. The summed E-state index contributed by atoms with van der Waals surface area (Å²) in [6.07, 6.45) is 7.58. The molecule has 3 unspecified atom stereocenters. The summed E-state index contributed by atoms with van der Waals surface area (Å²) in [4.78, 5) is 0. The Bertz CT molecular complexity index is 445. The minimum absolute atomic E-state index is 0.684. The second-order valence-electron chi connectivity index (χ2n) is 6.12. The number of nitrogens with zero attached hydrogens (tertiary/aromatic N) is 3. The Kier molecular flexibility index (Phi) is 4.66. The molecule has 0 radical (unpaired) electrons. The Morgan fingerprint density at radius 2 is 2.15 bits per heavy atom. The Labute approximate surface area is 126 Å². The van der Waals surface area contributed by atoms with E-state index < -0.39 is 0 Å². The molecule has 1 N–H and O–H groups in total. The van der Waals surface area contributed by atoms with Crippen LogP contribution in [0.4, 0.5) is 0 Å². The highest BCUT2D eigenvalue weighted by Crippen LogP contribution is 2.38. The molecule has 3 rings (SSSR count). The van der Waals surface area contributed by atoms with E-state index in [-0.39, 0.29) is 0 Å². The Morgan fingerprint density at radius 1 is 1.25 bits per heavy atom. The van der Waals surface area contributed by atoms with E-state index in [9.17, 15) is 0 Å². The van der Waals surface area contributed by atoms with Crippen LogP contribution in [0.2, 0.25) is 0 Å². The third kappa shape index (κ3) is 2.89. The normalized spacial score (nSPS) is 30.2. The molecule has 1 aliphatic carbocycles. The van der Waals surface area contributed by atoms with E-state index in [4.69, 9.17) is 0 Å². The van der Waals surface area contributed by atoms with Gasteiger partial charge in [-0.15, -0.1) is 10.2 Å². The summed E-state index contributed by atoms with van der Waals surface area (Å²) in [5, 5.41) is 14.4. The van der Waals surface area contributed by atoms with Gasteiger partial charge in [-0.1, -0.05) is 32.0 Å². The lowest BCUT2D eigenvalue weighted by molar-refractivity contribution is 0.441. The molecule has 1 aliphatic heterocycles. The van der Waals surface area contributed by atoms with E-state index >= 15 is 0 Å². The summed E-state index contributed by atoms with van der Waals surface area (Å²) in [5.74, 6) is 1.93. The van der Waals surface area contributed by atoms with Crippen molar-refractivity contribution in [3.8, 4) is 0 Å². The Balaban J connectivity index is 1.68. The predicted molar refractivity (Wildman–Crippen MR) is 83.1 cm³/mol. The number of nitrogens with one attached hydrogen (secondary N) is 1. The van der Waals surface area contributed by atoms with Gasteiger partial charge in [-0.2, -0.15) is 0 Å². The van der Waals surface area contributed by atoms with Gasteiger partial charge < -0.3 is 9.88 Å². The van der Waals surface area contributed by atoms with Crippen LogP contribution < -0.4 is 5.32 Å². The van der Waals surface area contributed by atoms with Gasteiger partial charge in [0.1, 0.15) is 5.82 Å². The number of fused-ring (bicyclic) bond motifs is 1. The van der Waals surface area contributed by atoms with Crippen molar-refractivity contribution in [2.75, 3.05) is 6.54 Å². The largest absolute Gasteiger partial charge is 0.314 e. The summed E-state index contributed by atoms with van der Waals surface area (Å²) in [6.45, 7) is 6.78. The lowest BCUT2D eigenvalue weighted by atomic mass is 10.1. The van der Waals surface area contributed by atoms with Crippen molar-refractivity contribution < 1.29 is 0 Å². The number of rotatable bonds is 4. The molecule has 0 saturated heterocycles. The summed E-state index contributed by atoms with van der Waals surface area (Å²) >= 11 is 1.97. The number of aryl methyl sites for hydroxylation is 1. The molecular formula is C15H26N4S. The van der Waals surface area contributed by atoms with E-state index in [0.717, 1.165) is 30.6 Å². The monoisotopic (exact) mass is 294 g/mol. The van der Waals surface area contributed by atoms with Crippen molar-refractivity contribution in [2.45, 2.75) is 75.4 Å². The lowest BCUT2D eigenvalue weighted by Gasteiger charge is -2.20. The van der Waals surface area contributed by atoms with Gasteiger partial charge in [-0.3, -0.25) is 0 Å². The van der Waals surface area contributed by atoms with Crippen LogP contribution in [0, 0.1) is 5.92 Å². The minimum Gasteiger partial charge on any atom is -0.314 e. The standard InChI is InChI=1S/C15H26N4S/c1-3-16-12-8-9-13(11(12)2)20-15-18-17-14-7-5-4-6-10-19(14)15/h11-13,16H,3-10H2,1-2H3. The first kappa shape index (κ1) is 14.4. The van der Waals surface area contributed by atoms with E-state index in [0.29, 0.717) is 11.3 Å². The van der Waals surface area contributed by atoms with E-state index in [2.05, 4.69) is 33.9 Å². The molecular weight excluding hydrogens is 268 g/mol. The second-order valence-corrected chi connectivity index (χ2v) is 7.32. The molecule has 3 atom stereocenters. The molecule has 0 bridgehead atoms. The highest BCUT2D eigenvalue weighted by atomic mass is 32.2. The first-order valence-corrected chi connectivity index (χ1v) is 8.99. The van der Waals surface area contributed by atoms with Gasteiger partial charge in [0.25, 0.3) is 0 Å². The van der Waals surface area contributed by atoms with E-state index in [1.807, 2.05) is 11.8 Å². The molecule has 0 aromatic carbocycles. The van der Waals surface area contributed by atoms with Gasteiger partial charge in [0.2, 0.25) is 0 Å². The minimum atomic E-state index is 0.684. The maximum Gasteiger partial charge on any atom is 0.191 e. The lowest BCUT2D eigenvalue weighted by Crippen LogP contribution is -2.33. The van der Waals surface area contributed by atoms with Crippen LogP contribution in [0.1, 0.15) is 51.8 Å². The van der Waals surface area contributed by atoms with Crippen LogP contribution in [-0.4, -0.2) is 32.6 Å². The van der Waals surface area contributed by atoms with Crippen molar-refractivity contribution in [2.24, 2.45) is 5.92 Å². The molecule has 0 spiro atoms. The first-order valence-electron chi connectivity index (χ1n) is 8.11. The van der Waals surface area contributed by atoms with Crippen molar-refractivity contribution in [1.82, 2.24) is 20.1 Å². The molecule has 1 saturated carbocycles. The quantitative estimate of drug-likeness (QED) is 0.927. The van der Waals surface area contributed by atoms with Crippen LogP contribution in [0.15, 0.2) is 5.16 Å². The van der Waals surface area contributed by atoms with Gasteiger partial charge >= 0.3 is 0 Å². The zero-order valence-corrected chi connectivity index (χ0v) is 13.5. The molecule has 20 heavy (non-hydrogen) atoms. The number of hydrogen-bond donors (Lipinski definition) is 1. The van der Waals surface area contributed by atoms with Crippen molar-refractivity contribution >= 4 is 11.8 Å². The summed E-state index contributed by atoms with van der Waals surface area (Å²) in [6, 6.07) is 0.684. The van der Waals surface area contributed by atoms with Gasteiger partial charge in [0.05, 0.1) is 0 Å². The zero-order chi connectivity index (χ0) is 13.9. The number of aromatic nitrogens is 3. The molecule has 1 aromatic heterocycles. The van der Waals surface area contributed by atoms with E-state index in [1.165, 1.54) is 37.9 Å². The molecule has 2 heterocycles. The van der Waals surface area contributed by atoms with Crippen molar-refractivity contribution in [3.05, 3.63) is 5.82 Å². The average Bonchev–Trinajstić information content (AvgIpc) is 2.88. The zero-order valence-electron chi connectivity index (χ0n) is 12.6. The number of hydrogen-bond acceptors (Lipinski definition) is 4. The highest BCUT2D eigenvalue weighted by Gasteiger charge is 2.34. The van der Waals surface area contributed by atoms with Crippen molar-refractivity contribution in [1.29, 1.82) is 0 Å². The van der Waals surface area contributed by atoms with Gasteiger partial charge in [0, 0.05) is 24.3 Å². The Morgan fingerprint density at radius 3 is 3.00 bits per heavy atom. The summed E-state index contributed by atoms with van der Waals surface area (Å²) in [7, 11) is 0. The van der Waals surface area contributed by atoms with E-state index in [1.54, 1.807) is 0 Å². The summed E-state index contributed by atoms with van der Waals surface area (Å²) < 4.78 is 2.38. The first-order chi connectivity index (χ1) is 9.79. The fraction of sp³-hybridized carbons (Fsp3) is 0.867. The predicted octanol–water partition coefficient (Wildman–Crippen LogP) is 2.87. The van der Waals surface area contributed by atoms with Gasteiger partial charge in [-0.25, -0.2) is 0 Å². The third-order valence-corrected chi connectivity index (χ3v) is 6.26. The third-order valence-electron chi connectivity index (χ3n) is 4.78. The molecule has 4 nitrogen and oxygen atoms in total. The van der Waals surface area contributed by atoms with Crippen molar-refractivity contribution in [3.63, 3.8) is 0 Å². The fourth-order valence-corrected chi connectivity index (χ4v) is 4.87. The smallest absolute Gasteiger partial charge is 0.191 e. The molecule has 1 fully saturated rings. The topological polar surface area (TPSA) is 42.7 Å². The molecule has 2 aliphatic rings.